The molecular formula is C14H22ClN5O3. The minimum absolute atomic E-state index is 0.0379. The van der Waals surface area contributed by atoms with Crippen molar-refractivity contribution in [2.75, 3.05) is 5.32 Å². The van der Waals surface area contributed by atoms with Gasteiger partial charge in [-0.1, -0.05) is 18.5 Å². The number of nitrogens with zero attached hydrogens (tertiary/aromatic N) is 2. The van der Waals surface area contributed by atoms with E-state index in [-0.39, 0.29) is 16.7 Å². The average molecular weight is 344 g/mol. The van der Waals surface area contributed by atoms with Crippen LogP contribution < -0.4 is 16.4 Å². The van der Waals surface area contributed by atoms with E-state index in [1.807, 2.05) is 6.92 Å². The number of nitrogens with one attached hydrogen (secondary N) is 2. The molecule has 1 atom stereocenters. The van der Waals surface area contributed by atoms with Crippen LogP contribution in [0, 0.1) is 0 Å². The van der Waals surface area contributed by atoms with Crippen LogP contribution in [-0.2, 0) is 11.2 Å². The van der Waals surface area contributed by atoms with E-state index >= 15 is 0 Å². The third kappa shape index (κ3) is 5.90. The van der Waals surface area contributed by atoms with Crippen molar-refractivity contribution in [3.05, 3.63) is 16.5 Å². The highest BCUT2D eigenvalue weighted by molar-refractivity contribution is 6.30. The Hall–Kier alpha value is -2.09. The summed E-state index contributed by atoms with van der Waals surface area (Å²) in [6.45, 7) is 8.75. The highest BCUT2D eigenvalue weighted by atomic mass is 35.5. The molecule has 0 aliphatic rings. The molecule has 23 heavy (non-hydrogen) atoms. The smallest absolute Gasteiger partial charge is 0.409 e. The van der Waals surface area contributed by atoms with Gasteiger partial charge in [0, 0.05) is 0 Å². The molecule has 0 spiro atoms. The number of hydrogen-bond acceptors (Lipinski definition) is 6. The van der Waals surface area contributed by atoms with Gasteiger partial charge in [-0.15, -0.1) is 0 Å². The van der Waals surface area contributed by atoms with Gasteiger partial charge < -0.3 is 21.1 Å². The lowest BCUT2D eigenvalue weighted by molar-refractivity contribution is 0.0514. The molecule has 2 amide bonds. The van der Waals surface area contributed by atoms with Crippen LogP contribution >= 0.6 is 11.6 Å². The zero-order valence-electron chi connectivity index (χ0n) is 13.9. The summed E-state index contributed by atoms with van der Waals surface area (Å²) >= 11 is 6.00. The topological polar surface area (TPSA) is 119 Å². The fraction of sp³-hybridized carbons (Fsp3) is 0.571. The summed E-state index contributed by atoms with van der Waals surface area (Å²) < 4.78 is 5.14. The van der Waals surface area contributed by atoms with Crippen molar-refractivity contribution >= 4 is 29.4 Å². The van der Waals surface area contributed by atoms with Crippen molar-refractivity contribution in [1.29, 1.82) is 0 Å². The SMILES string of the molecule is CCc1nc(C(N)=O)c(NC(C)NC(=O)OC(C)(C)C)nc1Cl. The third-order valence-corrected chi connectivity index (χ3v) is 2.88. The quantitative estimate of drug-likeness (QED) is 0.704. The molecule has 0 aromatic carbocycles. The van der Waals surface area contributed by atoms with Gasteiger partial charge in [-0.25, -0.2) is 14.8 Å². The van der Waals surface area contributed by atoms with Gasteiger partial charge in [-0.3, -0.25) is 4.79 Å². The van der Waals surface area contributed by atoms with E-state index in [1.165, 1.54) is 0 Å². The second-order valence-corrected chi connectivity index (χ2v) is 6.25. The number of nitrogens with two attached hydrogens (primary N) is 1. The summed E-state index contributed by atoms with van der Waals surface area (Å²) in [4.78, 5) is 31.4. The first-order valence-electron chi connectivity index (χ1n) is 7.15. The average Bonchev–Trinajstić information content (AvgIpc) is 2.35. The molecular weight excluding hydrogens is 322 g/mol. The molecule has 1 heterocycles. The van der Waals surface area contributed by atoms with E-state index in [2.05, 4.69) is 20.6 Å². The summed E-state index contributed by atoms with van der Waals surface area (Å²) in [5.74, 6) is -0.640. The molecule has 0 aliphatic carbocycles. The van der Waals surface area contributed by atoms with Gasteiger partial charge in [0.05, 0.1) is 5.69 Å². The van der Waals surface area contributed by atoms with Crippen LogP contribution in [-0.4, -0.2) is 33.7 Å². The Labute approximate surface area is 140 Å². The van der Waals surface area contributed by atoms with Gasteiger partial charge >= 0.3 is 6.09 Å². The zero-order chi connectivity index (χ0) is 17.8. The summed E-state index contributed by atoms with van der Waals surface area (Å²) in [6.07, 6.45) is -0.680. The predicted molar refractivity (Wildman–Crippen MR) is 87.4 cm³/mol. The Bertz CT molecular complexity index is 601. The zero-order valence-corrected chi connectivity index (χ0v) is 14.6. The van der Waals surface area contributed by atoms with Crippen LogP contribution in [0.1, 0.15) is 50.8 Å². The standard InChI is InChI=1S/C14H22ClN5O3/c1-6-8-10(15)20-12(9(19-8)11(16)21)17-7(2)18-13(22)23-14(3,4)5/h7H,6H2,1-5H3,(H2,16,21)(H,17,20)(H,18,22). The molecule has 1 aromatic rings. The highest BCUT2D eigenvalue weighted by Crippen LogP contribution is 2.19. The number of anilines is 1. The molecule has 0 bridgehead atoms. The fourth-order valence-corrected chi connectivity index (χ4v) is 1.93. The Morgan fingerprint density at radius 1 is 1.35 bits per heavy atom. The maximum absolute atomic E-state index is 11.7. The largest absolute Gasteiger partial charge is 0.444 e. The van der Waals surface area contributed by atoms with E-state index in [0.29, 0.717) is 12.1 Å². The normalized spacial score (nSPS) is 12.4. The van der Waals surface area contributed by atoms with Crippen LogP contribution in [0.3, 0.4) is 0 Å². The minimum atomic E-state index is -0.740. The van der Waals surface area contributed by atoms with E-state index < -0.39 is 23.8 Å². The summed E-state index contributed by atoms with van der Waals surface area (Å²) in [6, 6.07) is 0. The number of halogens is 1. The van der Waals surface area contributed by atoms with E-state index in [1.54, 1.807) is 27.7 Å². The van der Waals surface area contributed by atoms with Crippen molar-refractivity contribution < 1.29 is 14.3 Å². The lowest BCUT2D eigenvalue weighted by Gasteiger charge is -2.23. The number of aryl methyl sites for hydroxylation is 1. The number of hydrogen-bond donors (Lipinski definition) is 3. The van der Waals surface area contributed by atoms with Crippen molar-refractivity contribution in [2.45, 2.75) is 52.8 Å². The van der Waals surface area contributed by atoms with Crippen LogP contribution in [0.25, 0.3) is 0 Å². The minimum Gasteiger partial charge on any atom is -0.444 e. The number of carbonyl (C=O) groups is 2. The molecule has 1 unspecified atom stereocenters. The number of carbonyl (C=O) groups excluding carboxylic acids is 2. The molecule has 0 aliphatic heterocycles. The first kappa shape index (κ1) is 19.0. The molecule has 0 fully saturated rings. The number of aromatic nitrogens is 2. The second-order valence-electron chi connectivity index (χ2n) is 5.89. The van der Waals surface area contributed by atoms with Gasteiger partial charge in [0.2, 0.25) is 0 Å². The summed E-state index contributed by atoms with van der Waals surface area (Å²) in [5, 5.41) is 5.56. The molecule has 1 rings (SSSR count). The van der Waals surface area contributed by atoms with Crippen LogP contribution in [0.5, 0.6) is 0 Å². The van der Waals surface area contributed by atoms with E-state index in [9.17, 15) is 9.59 Å². The molecule has 0 radical (unpaired) electrons. The molecule has 4 N–H and O–H groups in total. The van der Waals surface area contributed by atoms with Crippen LogP contribution in [0.15, 0.2) is 0 Å². The number of alkyl carbamates (subject to hydrolysis) is 1. The van der Waals surface area contributed by atoms with Gasteiger partial charge in [0.25, 0.3) is 5.91 Å². The van der Waals surface area contributed by atoms with Crippen LogP contribution in [0.2, 0.25) is 5.15 Å². The monoisotopic (exact) mass is 343 g/mol. The molecule has 8 nitrogen and oxygen atoms in total. The maximum atomic E-state index is 11.7. The van der Waals surface area contributed by atoms with Gasteiger partial charge in [-0.2, -0.15) is 0 Å². The maximum Gasteiger partial charge on any atom is 0.409 e. The lowest BCUT2D eigenvalue weighted by atomic mass is 10.2. The molecule has 1 aromatic heterocycles. The fourth-order valence-electron chi connectivity index (χ4n) is 1.67. The van der Waals surface area contributed by atoms with Crippen LogP contribution in [0.4, 0.5) is 10.6 Å². The van der Waals surface area contributed by atoms with Crippen molar-refractivity contribution in [1.82, 2.24) is 15.3 Å². The lowest BCUT2D eigenvalue weighted by Crippen LogP contribution is -2.42. The van der Waals surface area contributed by atoms with Crippen molar-refractivity contribution in [3.8, 4) is 0 Å². The summed E-state index contributed by atoms with van der Waals surface area (Å²) in [7, 11) is 0. The molecule has 0 saturated carbocycles. The van der Waals surface area contributed by atoms with Gasteiger partial charge in [0.15, 0.2) is 16.7 Å². The van der Waals surface area contributed by atoms with Gasteiger partial charge in [-0.05, 0) is 34.1 Å². The second kappa shape index (κ2) is 7.45. The van der Waals surface area contributed by atoms with Gasteiger partial charge in [0.1, 0.15) is 11.8 Å². The first-order chi connectivity index (χ1) is 10.5. The van der Waals surface area contributed by atoms with Crippen molar-refractivity contribution in [2.24, 2.45) is 5.73 Å². The Balaban J connectivity index is 2.89. The van der Waals surface area contributed by atoms with Crippen molar-refractivity contribution in [3.63, 3.8) is 0 Å². The first-order valence-corrected chi connectivity index (χ1v) is 7.53. The number of ether oxygens (including phenoxy) is 1. The Morgan fingerprint density at radius 3 is 2.43 bits per heavy atom. The van der Waals surface area contributed by atoms with E-state index in [0.717, 1.165) is 0 Å². The number of rotatable bonds is 5. The number of amides is 2. The molecule has 0 saturated heterocycles. The third-order valence-electron chi connectivity index (χ3n) is 2.57. The number of primary amides is 1. The van der Waals surface area contributed by atoms with E-state index in [4.69, 9.17) is 22.1 Å². The highest BCUT2D eigenvalue weighted by Gasteiger charge is 2.20. The molecule has 128 valence electrons. The Kier molecular flexibility index (Phi) is 6.14. The Morgan fingerprint density at radius 2 is 1.96 bits per heavy atom. The predicted octanol–water partition coefficient (Wildman–Crippen LogP) is 2.07. The molecule has 9 heteroatoms. The summed E-state index contributed by atoms with van der Waals surface area (Å²) in [5.41, 5.74) is 5.13.